The highest BCUT2D eigenvalue weighted by molar-refractivity contribution is 5.99. The lowest BCUT2D eigenvalue weighted by molar-refractivity contribution is -0.128. The molecule has 0 fully saturated rings. The van der Waals surface area contributed by atoms with E-state index in [1.54, 1.807) is 30.3 Å². The number of carbonyl (C=O) groups is 3. The number of esters is 1. The van der Waals surface area contributed by atoms with Crippen LogP contribution in [0.4, 0.5) is 0 Å². The van der Waals surface area contributed by atoms with E-state index in [1.807, 2.05) is 0 Å². The first-order valence-corrected chi connectivity index (χ1v) is 4.62. The van der Waals surface area contributed by atoms with Crippen molar-refractivity contribution >= 4 is 17.7 Å². The molecule has 1 rings (SSSR count). The summed E-state index contributed by atoms with van der Waals surface area (Å²) in [4.78, 5) is 32.7. The zero-order chi connectivity index (χ0) is 12.0. The van der Waals surface area contributed by atoms with Crippen LogP contribution in [0.25, 0.3) is 0 Å². The van der Waals surface area contributed by atoms with Crippen LogP contribution in [-0.4, -0.2) is 24.3 Å². The standard InChI is InChI=1S/C11H11NO4/c12-10(14)6-9(13)7-16-11(15)8-4-2-1-3-5-8/h1-5H,6-7H2,(H2,12,14). The molecule has 16 heavy (non-hydrogen) atoms. The number of Topliss-reactive ketones (excluding diaryl/α,β-unsaturated/α-hetero) is 1. The SMILES string of the molecule is NC(=O)CC(=O)COC(=O)c1ccccc1. The van der Waals surface area contributed by atoms with Gasteiger partial charge in [0.05, 0.1) is 12.0 Å². The Morgan fingerprint density at radius 3 is 2.31 bits per heavy atom. The highest BCUT2D eigenvalue weighted by Crippen LogP contribution is 2.01. The molecular formula is C11H11NO4. The van der Waals surface area contributed by atoms with Crippen molar-refractivity contribution in [2.45, 2.75) is 6.42 Å². The van der Waals surface area contributed by atoms with Gasteiger partial charge in [-0.3, -0.25) is 9.59 Å². The first-order chi connectivity index (χ1) is 7.59. The average Bonchev–Trinajstić information content (AvgIpc) is 2.26. The van der Waals surface area contributed by atoms with Gasteiger partial charge in [-0.05, 0) is 12.1 Å². The van der Waals surface area contributed by atoms with E-state index in [2.05, 4.69) is 0 Å². The van der Waals surface area contributed by atoms with Crippen LogP contribution in [0.1, 0.15) is 16.8 Å². The Balaban J connectivity index is 2.42. The minimum atomic E-state index is -0.735. The molecular weight excluding hydrogens is 210 g/mol. The van der Waals surface area contributed by atoms with Gasteiger partial charge in [0.1, 0.15) is 0 Å². The van der Waals surface area contributed by atoms with E-state index in [-0.39, 0.29) is 0 Å². The van der Waals surface area contributed by atoms with Crippen molar-refractivity contribution in [3.63, 3.8) is 0 Å². The number of ketones is 1. The fourth-order valence-electron chi connectivity index (χ4n) is 1.05. The zero-order valence-corrected chi connectivity index (χ0v) is 8.51. The Morgan fingerprint density at radius 1 is 1.12 bits per heavy atom. The van der Waals surface area contributed by atoms with E-state index in [9.17, 15) is 14.4 Å². The van der Waals surface area contributed by atoms with E-state index in [1.165, 1.54) is 0 Å². The molecule has 5 heteroatoms. The Morgan fingerprint density at radius 2 is 1.75 bits per heavy atom. The van der Waals surface area contributed by atoms with Crippen molar-refractivity contribution in [3.8, 4) is 0 Å². The van der Waals surface area contributed by atoms with E-state index in [0.29, 0.717) is 5.56 Å². The highest BCUT2D eigenvalue weighted by atomic mass is 16.5. The van der Waals surface area contributed by atoms with E-state index >= 15 is 0 Å². The third kappa shape index (κ3) is 3.91. The van der Waals surface area contributed by atoms with Gasteiger partial charge >= 0.3 is 5.97 Å². The average molecular weight is 221 g/mol. The quantitative estimate of drug-likeness (QED) is 0.571. The van der Waals surface area contributed by atoms with Crippen LogP contribution in [0.15, 0.2) is 30.3 Å². The largest absolute Gasteiger partial charge is 0.454 e. The van der Waals surface area contributed by atoms with Crippen molar-refractivity contribution in [2.24, 2.45) is 5.73 Å². The van der Waals surface area contributed by atoms with Crippen molar-refractivity contribution in [3.05, 3.63) is 35.9 Å². The Bertz CT molecular complexity index is 400. The fourth-order valence-corrected chi connectivity index (χ4v) is 1.05. The summed E-state index contributed by atoms with van der Waals surface area (Å²) in [6.07, 6.45) is -0.415. The number of carbonyl (C=O) groups excluding carboxylic acids is 3. The van der Waals surface area contributed by atoms with Crippen LogP contribution in [0, 0.1) is 0 Å². The van der Waals surface area contributed by atoms with Gasteiger partial charge in [-0.25, -0.2) is 4.79 Å². The van der Waals surface area contributed by atoms with Gasteiger partial charge < -0.3 is 10.5 Å². The maximum atomic E-state index is 11.3. The number of ether oxygens (including phenoxy) is 1. The maximum Gasteiger partial charge on any atom is 0.338 e. The molecule has 0 heterocycles. The third-order valence-electron chi connectivity index (χ3n) is 1.75. The lowest BCUT2D eigenvalue weighted by Gasteiger charge is -2.02. The number of amides is 1. The number of hydrogen-bond donors (Lipinski definition) is 1. The van der Waals surface area contributed by atoms with Gasteiger partial charge in [0, 0.05) is 0 Å². The number of benzene rings is 1. The summed E-state index contributed by atoms with van der Waals surface area (Å²) in [7, 11) is 0. The second-order valence-electron chi connectivity index (χ2n) is 3.12. The Labute approximate surface area is 92.2 Å². The van der Waals surface area contributed by atoms with Crippen LogP contribution in [0.2, 0.25) is 0 Å². The van der Waals surface area contributed by atoms with Gasteiger partial charge in [0.2, 0.25) is 5.91 Å². The first kappa shape index (κ1) is 11.9. The third-order valence-corrected chi connectivity index (χ3v) is 1.75. The van der Waals surface area contributed by atoms with Crippen molar-refractivity contribution in [1.29, 1.82) is 0 Å². The molecule has 1 aromatic carbocycles. The monoisotopic (exact) mass is 221 g/mol. The molecule has 1 aromatic rings. The second kappa shape index (κ2) is 5.65. The predicted octanol–water partition coefficient (Wildman–Crippen LogP) is 0.288. The molecule has 0 spiro atoms. The molecule has 0 aliphatic rings. The smallest absolute Gasteiger partial charge is 0.338 e. The summed E-state index contributed by atoms with van der Waals surface area (Å²) in [5.74, 6) is -1.85. The number of hydrogen-bond acceptors (Lipinski definition) is 4. The molecule has 0 radical (unpaired) electrons. The van der Waals surface area contributed by atoms with E-state index in [4.69, 9.17) is 10.5 Å². The molecule has 0 aliphatic heterocycles. The van der Waals surface area contributed by atoms with Gasteiger partial charge in [-0.1, -0.05) is 18.2 Å². The van der Waals surface area contributed by atoms with Gasteiger partial charge in [0.15, 0.2) is 12.4 Å². The van der Waals surface area contributed by atoms with Crippen molar-refractivity contribution in [1.82, 2.24) is 0 Å². The predicted molar refractivity (Wildman–Crippen MR) is 55.5 cm³/mol. The number of rotatable bonds is 5. The maximum absolute atomic E-state index is 11.3. The van der Waals surface area contributed by atoms with E-state index < -0.39 is 30.7 Å². The molecule has 0 unspecified atom stereocenters. The van der Waals surface area contributed by atoms with Gasteiger partial charge in [-0.15, -0.1) is 0 Å². The number of primary amides is 1. The van der Waals surface area contributed by atoms with Crippen LogP contribution in [-0.2, 0) is 14.3 Å². The van der Waals surface area contributed by atoms with E-state index in [0.717, 1.165) is 0 Å². The molecule has 0 aromatic heterocycles. The topological polar surface area (TPSA) is 86.5 Å². The summed E-state index contributed by atoms with van der Waals surface area (Å²) < 4.78 is 4.69. The molecule has 84 valence electrons. The van der Waals surface area contributed by atoms with Gasteiger partial charge in [-0.2, -0.15) is 0 Å². The molecule has 5 nitrogen and oxygen atoms in total. The normalized spacial score (nSPS) is 9.50. The molecule has 0 saturated heterocycles. The number of nitrogens with two attached hydrogens (primary N) is 1. The summed E-state index contributed by atoms with van der Waals surface area (Å²) >= 11 is 0. The summed E-state index contributed by atoms with van der Waals surface area (Å²) in [5.41, 5.74) is 5.17. The van der Waals surface area contributed by atoms with Crippen LogP contribution >= 0.6 is 0 Å². The first-order valence-electron chi connectivity index (χ1n) is 4.62. The molecule has 0 saturated carbocycles. The molecule has 0 aliphatic carbocycles. The minimum Gasteiger partial charge on any atom is -0.454 e. The Kier molecular flexibility index (Phi) is 4.20. The Hall–Kier alpha value is -2.17. The summed E-state index contributed by atoms with van der Waals surface area (Å²) in [5, 5.41) is 0. The van der Waals surface area contributed by atoms with Crippen molar-refractivity contribution < 1.29 is 19.1 Å². The molecule has 0 atom stereocenters. The minimum absolute atomic E-state index is 0.356. The lowest BCUT2D eigenvalue weighted by atomic mass is 10.2. The highest BCUT2D eigenvalue weighted by Gasteiger charge is 2.11. The van der Waals surface area contributed by atoms with Crippen LogP contribution in [0.5, 0.6) is 0 Å². The van der Waals surface area contributed by atoms with Crippen LogP contribution in [0.3, 0.4) is 0 Å². The molecule has 1 amide bonds. The fraction of sp³-hybridized carbons (Fsp3) is 0.182. The summed E-state index contributed by atoms with van der Waals surface area (Å²) in [6, 6.07) is 8.26. The molecule has 2 N–H and O–H groups in total. The van der Waals surface area contributed by atoms with Gasteiger partial charge in [0.25, 0.3) is 0 Å². The van der Waals surface area contributed by atoms with Crippen LogP contribution < -0.4 is 5.73 Å². The zero-order valence-electron chi connectivity index (χ0n) is 8.51. The lowest BCUT2D eigenvalue weighted by Crippen LogP contribution is -2.21. The molecule has 0 bridgehead atoms. The summed E-state index contributed by atoms with van der Waals surface area (Å²) in [6.45, 7) is -0.434. The second-order valence-corrected chi connectivity index (χ2v) is 3.12. The van der Waals surface area contributed by atoms with Crippen molar-refractivity contribution in [2.75, 3.05) is 6.61 Å².